The van der Waals surface area contributed by atoms with E-state index in [0.717, 1.165) is 0 Å². The summed E-state index contributed by atoms with van der Waals surface area (Å²) < 4.78 is 56.8. The normalized spacial score (nSPS) is 29.9. The molecule has 5 amide bonds. The molecule has 0 radical (unpaired) electrons. The quantitative estimate of drug-likeness (QED) is 0.111. The maximum atomic E-state index is 13.4. The van der Waals surface area contributed by atoms with Gasteiger partial charge in [0.2, 0.25) is 23.6 Å². The van der Waals surface area contributed by atoms with E-state index >= 15 is 0 Å². The van der Waals surface area contributed by atoms with E-state index in [1.165, 1.54) is 21.3 Å². The number of fused-ring (bicyclic) bond motifs is 2. The van der Waals surface area contributed by atoms with Crippen molar-refractivity contribution in [3.8, 4) is 0 Å². The van der Waals surface area contributed by atoms with Gasteiger partial charge >= 0.3 is 12.1 Å². The summed E-state index contributed by atoms with van der Waals surface area (Å²) in [7, 11) is 4.02. The van der Waals surface area contributed by atoms with Gasteiger partial charge < -0.3 is 74.0 Å². The zero-order valence-corrected chi connectivity index (χ0v) is 32.8. The molecule has 55 heavy (non-hydrogen) atoms. The molecule has 10 atom stereocenters. The van der Waals surface area contributed by atoms with Crippen molar-refractivity contribution >= 4 is 35.7 Å². The smallest absolute Gasteiger partial charge is 0.408 e. The van der Waals surface area contributed by atoms with Crippen LogP contribution in [0.25, 0.3) is 0 Å². The van der Waals surface area contributed by atoms with E-state index in [1.807, 2.05) is 0 Å². The molecule has 4 fully saturated rings. The summed E-state index contributed by atoms with van der Waals surface area (Å²) in [4.78, 5) is 76.4. The first-order valence-corrected chi connectivity index (χ1v) is 17.9. The van der Waals surface area contributed by atoms with Gasteiger partial charge in [0.1, 0.15) is 55.3 Å². The lowest BCUT2D eigenvalue weighted by atomic mass is 9.99. The standard InChI is InChI=1S/C34H55N5O16/c1-32(2,3)55-31(45)37-14-21(43)39-16(23-25(47-9)27-29(49-23)53-33(4,5)51-27)11-18(40)35-13-20(42)38-17(12-19(41)36-15-22(44)46-8)24-26(48-10)28-30(50-24)54-34(6,7)52-28/h16-17,23-30H,11-15H2,1-10H3,(H,35,40)(H,36,41)(H,37,45)(H,38,42)(H,39,43)/t16-,17?,23+,24+,25-,26-,27+,28+,29+,30+/m0/s1. The second kappa shape index (κ2) is 18.0. The van der Waals surface area contributed by atoms with Gasteiger partial charge in [0.05, 0.1) is 25.7 Å². The number of methoxy groups -OCH3 is 3. The molecule has 1 unspecified atom stereocenters. The first kappa shape index (κ1) is 44.0. The Labute approximate surface area is 319 Å². The van der Waals surface area contributed by atoms with E-state index in [9.17, 15) is 28.8 Å². The summed E-state index contributed by atoms with van der Waals surface area (Å²) in [6, 6.07) is -2.08. The molecule has 4 rings (SSSR count). The lowest BCUT2D eigenvalue weighted by Gasteiger charge is -2.31. The fourth-order valence-electron chi connectivity index (χ4n) is 6.64. The van der Waals surface area contributed by atoms with Crippen LogP contribution in [0.2, 0.25) is 0 Å². The van der Waals surface area contributed by atoms with Gasteiger partial charge in [0, 0.05) is 27.1 Å². The second-order valence-electron chi connectivity index (χ2n) is 15.3. The molecule has 21 heteroatoms. The van der Waals surface area contributed by atoms with Crippen molar-refractivity contribution in [3.05, 3.63) is 0 Å². The molecule has 0 saturated carbocycles. The highest BCUT2D eigenvalue weighted by Crippen LogP contribution is 2.41. The van der Waals surface area contributed by atoms with E-state index in [2.05, 4.69) is 31.3 Å². The molecule has 0 bridgehead atoms. The van der Waals surface area contributed by atoms with Gasteiger partial charge in [-0.3, -0.25) is 24.0 Å². The Balaban J connectivity index is 1.42. The topological polar surface area (TPSA) is 255 Å². The van der Waals surface area contributed by atoms with Crippen LogP contribution >= 0.6 is 0 Å². The molecule has 0 aromatic carbocycles. The number of rotatable bonds is 16. The number of nitrogens with one attached hydrogen (secondary N) is 5. The Morgan fingerprint density at radius 3 is 1.44 bits per heavy atom. The Morgan fingerprint density at radius 1 is 0.618 bits per heavy atom. The summed E-state index contributed by atoms with van der Waals surface area (Å²) in [5.74, 6) is -5.27. The third kappa shape index (κ3) is 12.1. The summed E-state index contributed by atoms with van der Waals surface area (Å²) in [5, 5.41) is 12.7. The first-order chi connectivity index (χ1) is 25.6. The summed E-state index contributed by atoms with van der Waals surface area (Å²) in [5.41, 5.74) is -0.798. The lowest BCUT2D eigenvalue weighted by molar-refractivity contribution is -0.220. The Kier molecular flexibility index (Phi) is 14.4. The fraction of sp³-hybridized carbons (Fsp3) is 0.824. The number of hydrogen-bond donors (Lipinski definition) is 5. The van der Waals surface area contributed by atoms with Crippen molar-refractivity contribution in [2.24, 2.45) is 0 Å². The molecule has 0 aromatic heterocycles. The van der Waals surface area contributed by atoms with Crippen LogP contribution in [-0.2, 0) is 71.3 Å². The highest BCUT2D eigenvalue weighted by molar-refractivity contribution is 5.87. The van der Waals surface area contributed by atoms with Crippen LogP contribution in [0.5, 0.6) is 0 Å². The summed E-state index contributed by atoms with van der Waals surface area (Å²) in [6.07, 6.45) is -8.10. The van der Waals surface area contributed by atoms with Crippen LogP contribution in [-0.4, -0.2) is 155 Å². The van der Waals surface area contributed by atoms with Crippen LogP contribution in [0.15, 0.2) is 0 Å². The Bertz CT molecular complexity index is 1420. The van der Waals surface area contributed by atoms with Gasteiger partial charge in [0.25, 0.3) is 0 Å². The zero-order valence-electron chi connectivity index (χ0n) is 32.8. The molecule has 4 aliphatic heterocycles. The van der Waals surface area contributed by atoms with Crippen molar-refractivity contribution < 1.29 is 76.1 Å². The third-order valence-electron chi connectivity index (χ3n) is 8.79. The van der Waals surface area contributed by atoms with Gasteiger partial charge in [-0.2, -0.15) is 0 Å². The number of ether oxygens (including phenoxy) is 10. The molecule has 0 aliphatic carbocycles. The van der Waals surface area contributed by atoms with Crippen LogP contribution in [0.4, 0.5) is 4.79 Å². The Morgan fingerprint density at radius 2 is 1.04 bits per heavy atom. The second-order valence-corrected chi connectivity index (χ2v) is 15.3. The molecule has 5 N–H and O–H groups in total. The fourth-order valence-corrected chi connectivity index (χ4v) is 6.64. The number of hydrogen-bond acceptors (Lipinski definition) is 16. The van der Waals surface area contributed by atoms with Crippen molar-refractivity contribution in [2.45, 2.75) is 140 Å². The number of carbonyl (C=O) groups excluding carboxylic acids is 6. The molecule has 0 spiro atoms. The molecular formula is C34H55N5O16. The third-order valence-corrected chi connectivity index (χ3v) is 8.79. The van der Waals surface area contributed by atoms with Crippen LogP contribution < -0.4 is 26.6 Å². The summed E-state index contributed by atoms with van der Waals surface area (Å²) >= 11 is 0. The van der Waals surface area contributed by atoms with E-state index in [-0.39, 0.29) is 6.42 Å². The largest absolute Gasteiger partial charge is 0.468 e. The molecule has 0 aromatic rings. The minimum absolute atomic E-state index is 0.351. The molecule has 312 valence electrons. The van der Waals surface area contributed by atoms with Gasteiger partial charge in [-0.05, 0) is 48.5 Å². The van der Waals surface area contributed by atoms with Gasteiger partial charge in [-0.25, -0.2) is 4.79 Å². The molecule has 21 nitrogen and oxygen atoms in total. The van der Waals surface area contributed by atoms with Gasteiger partial charge in [0.15, 0.2) is 24.2 Å². The van der Waals surface area contributed by atoms with Crippen molar-refractivity contribution in [2.75, 3.05) is 41.0 Å². The highest BCUT2D eigenvalue weighted by Gasteiger charge is 2.58. The first-order valence-electron chi connectivity index (χ1n) is 17.9. The maximum Gasteiger partial charge on any atom is 0.408 e. The van der Waals surface area contributed by atoms with Gasteiger partial charge in [-0.15, -0.1) is 0 Å². The predicted octanol–water partition coefficient (Wildman–Crippen LogP) is -1.55. The number of esters is 1. The minimum Gasteiger partial charge on any atom is -0.468 e. The molecule has 4 aliphatic rings. The SMILES string of the molecule is COC(=O)CNC(=O)CC(NC(=O)CNC(=O)C[C@H](NC(=O)CNC(=O)OC(C)(C)C)[C@H]1O[C@@H]2OC(C)(C)O[C@@H]2[C@H]1OC)[C@H]1O[C@@H]2OC(C)(C)O[C@@H]2[C@H]1OC. The van der Waals surface area contributed by atoms with E-state index in [4.69, 9.17) is 42.6 Å². The monoisotopic (exact) mass is 789 g/mol. The van der Waals surface area contributed by atoms with Crippen molar-refractivity contribution in [1.29, 1.82) is 0 Å². The Hall–Kier alpha value is -3.70. The van der Waals surface area contributed by atoms with E-state index in [1.54, 1.807) is 48.5 Å². The summed E-state index contributed by atoms with van der Waals surface area (Å²) in [6.45, 7) is 10.4. The minimum atomic E-state index is -1.05. The lowest BCUT2D eigenvalue weighted by Crippen LogP contribution is -2.55. The van der Waals surface area contributed by atoms with Crippen LogP contribution in [0.1, 0.15) is 61.3 Å². The maximum absolute atomic E-state index is 13.4. The van der Waals surface area contributed by atoms with Crippen LogP contribution in [0.3, 0.4) is 0 Å². The molecule has 4 heterocycles. The number of amides is 5. The molecule has 4 saturated heterocycles. The average molecular weight is 790 g/mol. The average Bonchev–Trinajstić information content (AvgIpc) is 3.77. The van der Waals surface area contributed by atoms with E-state index in [0.29, 0.717) is 0 Å². The van der Waals surface area contributed by atoms with Crippen molar-refractivity contribution in [1.82, 2.24) is 26.6 Å². The zero-order chi connectivity index (χ0) is 40.9. The number of alkyl carbamates (subject to hydrolysis) is 1. The van der Waals surface area contributed by atoms with Gasteiger partial charge in [-0.1, -0.05) is 0 Å². The van der Waals surface area contributed by atoms with E-state index < -0.39 is 140 Å². The highest BCUT2D eigenvalue weighted by atomic mass is 16.9. The predicted molar refractivity (Wildman–Crippen MR) is 184 cm³/mol. The molecular weight excluding hydrogens is 734 g/mol. The van der Waals surface area contributed by atoms with Crippen molar-refractivity contribution in [3.63, 3.8) is 0 Å². The van der Waals surface area contributed by atoms with Crippen LogP contribution in [0, 0.1) is 0 Å². The number of carbonyl (C=O) groups is 6.